The van der Waals surface area contributed by atoms with Crippen LogP contribution in [0.25, 0.3) is 11.2 Å². The number of nitrogens with two attached hydrogens (primary N) is 1. The molecule has 0 aliphatic carbocycles. The van der Waals surface area contributed by atoms with E-state index in [1.807, 2.05) is 0 Å². The molecule has 5 heterocycles. The number of hydrogen-bond donors (Lipinski definition) is 7. The van der Waals surface area contributed by atoms with Crippen molar-refractivity contribution in [3.05, 3.63) is 42.7 Å². The monoisotopic (exact) mass is 664 g/mol. The molecule has 5 rings (SSSR count). The summed E-state index contributed by atoms with van der Waals surface area (Å²) < 4.78 is 51.7. The lowest BCUT2D eigenvalue weighted by molar-refractivity contribution is -0.765. The average molecular weight is 664 g/mol. The molecule has 240 valence electrons. The number of pyridine rings is 1. The van der Waals surface area contributed by atoms with Crippen molar-refractivity contribution in [3.63, 3.8) is 0 Å². The van der Waals surface area contributed by atoms with E-state index in [1.54, 1.807) is 0 Å². The Hall–Kier alpha value is -3.01. The third-order valence-corrected chi connectivity index (χ3v) is 9.30. The predicted molar refractivity (Wildman–Crippen MR) is 135 cm³/mol. The average Bonchev–Trinajstić information content (AvgIpc) is 3.61. The van der Waals surface area contributed by atoms with Gasteiger partial charge in [-0.3, -0.25) is 13.6 Å². The number of anilines is 1. The van der Waals surface area contributed by atoms with Gasteiger partial charge >= 0.3 is 15.6 Å². The van der Waals surface area contributed by atoms with Crippen LogP contribution in [0.5, 0.6) is 0 Å². The van der Waals surface area contributed by atoms with Crippen molar-refractivity contribution in [1.82, 2.24) is 19.5 Å². The molecule has 3 aromatic heterocycles. The van der Waals surface area contributed by atoms with Gasteiger partial charge in [0.2, 0.25) is 0 Å². The molecule has 2 fully saturated rings. The molecule has 21 nitrogen and oxygen atoms in total. The van der Waals surface area contributed by atoms with Gasteiger partial charge in [0.05, 0.1) is 31.1 Å². The Kier molecular flexibility index (Phi) is 9.13. The number of fused-ring (bicyclic) bond motifs is 1. The number of imidazole rings is 1. The van der Waals surface area contributed by atoms with E-state index in [-0.39, 0.29) is 22.5 Å². The maximum atomic E-state index is 12.4. The fraction of sp³-hybridized carbons (Fsp3) is 0.476. The summed E-state index contributed by atoms with van der Waals surface area (Å²) in [7, 11) is -10.8. The van der Waals surface area contributed by atoms with Gasteiger partial charge in [-0.25, -0.2) is 24.1 Å². The Labute approximate surface area is 245 Å². The van der Waals surface area contributed by atoms with E-state index in [4.69, 9.17) is 15.2 Å². The van der Waals surface area contributed by atoms with Crippen LogP contribution in [0.4, 0.5) is 5.82 Å². The summed E-state index contributed by atoms with van der Waals surface area (Å²) in [5, 5.41) is 52.6. The number of aliphatic hydroxyl groups is 4. The highest BCUT2D eigenvalue weighted by molar-refractivity contribution is 7.61. The van der Waals surface area contributed by atoms with Gasteiger partial charge in [0.15, 0.2) is 36.2 Å². The van der Waals surface area contributed by atoms with Crippen molar-refractivity contribution in [2.45, 2.75) is 49.1 Å². The summed E-state index contributed by atoms with van der Waals surface area (Å²) >= 11 is 0. The largest absolute Gasteiger partial charge is 0.545 e. The van der Waals surface area contributed by atoms with Crippen molar-refractivity contribution in [1.29, 1.82) is 0 Å². The minimum Gasteiger partial charge on any atom is -0.545 e. The zero-order valence-electron chi connectivity index (χ0n) is 22.1. The van der Waals surface area contributed by atoms with Gasteiger partial charge in [-0.1, -0.05) is 0 Å². The highest BCUT2D eigenvalue weighted by Crippen LogP contribution is 2.60. The standard InChI is InChI=1S/C21H26N6O15P2/c22-17-12-18(24-7-23-17)27(8-25-12)20-16(31)14(29)11(41-20)6-39-44(36,37)42-43(34,35)38-5-10-13(28)15(30)19(40-10)26-3-1-2-9(4-26)21(32)33/h1-4,7-8,10-11,13-16,19-20,28-31H,5-6H2,(H4-,22,23,24,32,33,34,35,36,37)/t10-,11-,13-,14-,15-,16-,19-,20-/m1/s1. The summed E-state index contributed by atoms with van der Waals surface area (Å²) in [6.07, 6.45) is -7.41. The third kappa shape index (κ3) is 6.65. The first-order chi connectivity index (χ1) is 20.7. The van der Waals surface area contributed by atoms with E-state index in [9.17, 15) is 49.2 Å². The molecule has 0 radical (unpaired) electrons. The van der Waals surface area contributed by atoms with E-state index in [1.165, 1.54) is 29.2 Å². The number of carboxylic acids is 1. The number of rotatable bonds is 11. The van der Waals surface area contributed by atoms with E-state index in [2.05, 4.69) is 28.3 Å². The molecule has 3 aromatic rings. The minimum atomic E-state index is -5.39. The van der Waals surface area contributed by atoms with Gasteiger partial charge in [-0.05, 0) is 6.07 Å². The molecule has 2 aliphatic rings. The first-order valence-corrected chi connectivity index (χ1v) is 15.5. The van der Waals surface area contributed by atoms with E-state index in [0.717, 1.165) is 17.1 Å². The second-order valence-corrected chi connectivity index (χ2v) is 12.7. The zero-order valence-corrected chi connectivity index (χ0v) is 23.9. The number of carbonyl (C=O) groups excluding carboxylic acids is 1. The van der Waals surface area contributed by atoms with Gasteiger partial charge in [0, 0.05) is 6.07 Å². The van der Waals surface area contributed by atoms with Crippen LogP contribution in [0.2, 0.25) is 0 Å². The molecule has 44 heavy (non-hydrogen) atoms. The van der Waals surface area contributed by atoms with Gasteiger partial charge in [-0.15, -0.1) is 0 Å². The second kappa shape index (κ2) is 12.4. The first kappa shape index (κ1) is 32.4. The Morgan fingerprint density at radius 2 is 1.64 bits per heavy atom. The maximum Gasteiger partial charge on any atom is 0.481 e. The number of hydrogen-bond acceptors (Lipinski definition) is 17. The number of aromatic nitrogens is 5. The number of phosphoric ester groups is 2. The predicted octanol–water partition coefficient (Wildman–Crippen LogP) is -3.75. The summed E-state index contributed by atoms with van der Waals surface area (Å²) in [5.74, 6) is -1.47. The second-order valence-electron chi connectivity index (χ2n) is 9.61. The lowest BCUT2D eigenvalue weighted by atomic mass is 10.1. The molecule has 0 aromatic carbocycles. The normalized spacial score (nSPS) is 31.6. The van der Waals surface area contributed by atoms with E-state index >= 15 is 0 Å². The van der Waals surface area contributed by atoms with Crippen molar-refractivity contribution in [2.75, 3.05) is 18.9 Å². The molecule has 2 aliphatic heterocycles. The lowest BCUT2D eigenvalue weighted by Gasteiger charge is -2.20. The molecule has 0 spiro atoms. The van der Waals surface area contributed by atoms with Crippen molar-refractivity contribution >= 4 is 38.6 Å². The third-order valence-electron chi connectivity index (χ3n) is 6.70. The smallest absolute Gasteiger partial charge is 0.481 e. The zero-order chi connectivity index (χ0) is 32.0. The highest BCUT2D eigenvalue weighted by Gasteiger charge is 2.50. The minimum absolute atomic E-state index is 0.0443. The molecular weight excluding hydrogens is 638 g/mol. The topological polar surface area (TPSA) is 315 Å². The van der Waals surface area contributed by atoms with Crippen LogP contribution in [0.1, 0.15) is 22.8 Å². The number of nitrogen functional groups attached to an aromatic ring is 1. The number of carboxylic acid groups (broad SMARTS) is 1. The number of aromatic carboxylic acids is 1. The van der Waals surface area contributed by atoms with E-state index in [0.29, 0.717) is 0 Å². The SMILES string of the molecule is Nc1ncnc2c1ncn2[C@@H]1O[C@H](COP(=O)(O)OP(=O)(O)OC[C@H]2O[C@@H]([n+]3cccc(C(=O)[O-])c3)[C@H](O)[C@@H]2O)[C@@H](O)[C@H]1O. The fourth-order valence-corrected chi connectivity index (χ4v) is 6.64. The van der Waals surface area contributed by atoms with Crippen molar-refractivity contribution < 1.29 is 76.6 Å². The highest BCUT2D eigenvalue weighted by atomic mass is 31.3. The van der Waals surface area contributed by atoms with Crippen LogP contribution < -0.4 is 15.4 Å². The van der Waals surface area contributed by atoms with Gasteiger partial charge in [0.1, 0.15) is 42.4 Å². The van der Waals surface area contributed by atoms with Gasteiger partial charge in [0.25, 0.3) is 6.23 Å². The Morgan fingerprint density at radius 1 is 1.00 bits per heavy atom. The number of nitrogens with zero attached hydrogens (tertiary/aromatic N) is 5. The molecule has 2 saturated heterocycles. The van der Waals surface area contributed by atoms with Crippen LogP contribution in [0.15, 0.2) is 37.2 Å². The van der Waals surface area contributed by atoms with E-state index < -0.39 is 83.9 Å². The van der Waals surface area contributed by atoms with Crippen LogP contribution in [-0.4, -0.2) is 106 Å². The summed E-state index contributed by atoms with van der Waals surface area (Å²) in [5.41, 5.74) is 5.82. The number of ether oxygens (including phenoxy) is 2. The Morgan fingerprint density at radius 3 is 2.30 bits per heavy atom. The quantitative estimate of drug-likeness (QED) is 0.0764. The van der Waals surface area contributed by atoms with Crippen molar-refractivity contribution in [3.8, 4) is 0 Å². The molecular formula is C21H26N6O15P2. The summed E-state index contributed by atoms with van der Waals surface area (Å²) in [6, 6.07) is 2.53. The molecule has 0 amide bonds. The fourth-order valence-electron chi connectivity index (χ4n) is 4.55. The Bertz CT molecular complexity index is 1630. The number of carbonyl (C=O) groups is 1. The molecule has 10 atom stereocenters. The van der Waals surface area contributed by atoms with Crippen LogP contribution in [0, 0.1) is 0 Å². The Balaban J connectivity index is 1.16. The lowest BCUT2D eigenvalue weighted by Crippen LogP contribution is -2.46. The maximum absolute atomic E-state index is 12.4. The number of aliphatic hydroxyl groups excluding tert-OH is 4. The van der Waals surface area contributed by atoms with Crippen molar-refractivity contribution in [2.24, 2.45) is 0 Å². The number of phosphoric acid groups is 2. The van der Waals surface area contributed by atoms with Crippen LogP contribution >= 0.6 is 15.6 Å². The molecule has 23 heteroatoms. The van der Waals surface area contributed by atoms with Crippen LogP contribution in [-0.2, 0) is 32.0 Å². The molecule has 2 unspecified atom stereocenters. The van der Waals surface area contributed by atoms with Crippen LogP contribution in [0.3, 0.4) is 0 Å². The van der Waals surface area contributed by atoms with Gasteiger partial charge < -0.3 is 55.3 Å². The van der Waals surface area contributed by atoms with Gasteiger partial charge in [-0.2, -0.15) is 8.88 Å². The first-order valence-electron chi connectivity index (χ1n) is 12.5. The molecule has 0 saturated carbocycles. The molecule has 8 N–H and O–H groups in total. The summed E-state index contributed by atoms with van der Waals surface area (Å²) in [4.78, 5) is 42.9. The molecule has 0 bridgehead atoms. The summed E-state index contributed by atoms with van der Waals surface area (Å²) in [6.45, 7) is -1.85.